The van der Waals surface area contributed by atoms with Crippen LogP contribution in [0.3, 0.4) is 0 Å². The van der Waals surface area contributed by atoms with Crippen molar-refractivity contribution < 1.29 is 14.4 Å². The summed E-state index contributed by atoms with van der Waals surface area (Å²) in [6, 6.07) is 7.53. The van der Waals surface area contributed by atoms with Gasteiger partial charge in [-0.2, -0.15) is 0 Å². The van der Waals surface area contributed by atoms with Crippen LogP contribution in [-0.2, 0) is 14.4 Å². The van der Waals surface area contributed by atoms with Gasteiger partial charge in [-0.3, -0.25) is 9.59 Å². The van der Waals surface area contributed by atoms with E-state index in [1.807, 2.05) is 31.2 Å². The van der Waals surface area contributed by atoms with Crippen LogP contribution in [0.4, 0.5) is 5.69 Å². The van der Waals surface area contributed by atoms with Crippen LogP contribution < -0.4 is 4.90 Å². The van der Waals surface area contributed by atoms with Gasteiger partial charge in [-0.15, -0.1) is 0 Å². The molecular formula is C16H19NO3. The molecule has 0 radical (unpaired) electrons. The maximum Gasteiger partial charge on any atom is 0.240 e. The third kappa shape index (κ3) is 2.50. The Morgan fingerprint density at radius 3 is 2.65 bits per heavy atom. The number of nitrogens with zero attached hydrogens (tertiary/aromatic N) is 1. The van der Waals surface area contributed by atoms with Gasteiger partial charge >= 0.3 is 0 Å². The van der Waals surface area contributed by atoms with Crippen LogP contribution in [0.2, 0.25) is 0 Å². The summed E-state index contributed by atoms with van der Waals surface area (Å²) in [7, 11) is 0. The number of Topliss-reactive ketones (excluding diaryl/α,β-unsaturated/α-hetero) is 2. The monoisotopic (exact) mass is 273 g/mol. The van der Waals surface area contributed by atoms with Crippen molar-refractivity contribution in [1.82, 2.24) is 0 Å². The first-order valence-corrected chi connectivity index (χ1v) is 6.76. The highest BCUT2D eigenvalue weighted by molar-refractivity contribution is 6.20. The van der Waals surface area contributed by atoms with Gasteiger partial charge in [0.25, 0.3) is 0 Å². The van der Waals surface area contributed by atoms with E-state index in [9.17, 15) is 14.4 Å². The van der Waals surface area contributed by atoms with Gasteiger partial charge in [-0.05, 0) is 44.9 Å². The van der Waals surface area contributed by atoms with E-state index >= 15 is 0 Å². The summed E-state index contributed by atoms with van der Waals surface area (Å²) in [5.41, 5.74) is 0.727. The second-order valence-electron chi connectivity index (χ2n) is 5.69. The van der Waals surface area contributed by atoms with Gasteiger partial charge in [0.05, 0.1) is 6.54 Å². The van der Waals surface area contributed by atoms with Crippen molar-refractivity contribution >= 4 is 23.2 Å². The highest BCUT2D eigenvalue weighted by Gasteiger charge is 2.50. The molecule has 4 heteroatoms. The van der Waals surface area contributed by atoms with Crippen molar-refractivity contribution in [3.8, 4) is 0 Å². The largest absolute Gasteiger partial charge is 0.304 e. The smallest absolute Gasteiger partial charge is 0.240 e. The Labute approximate surface area is 118 Å². The quantitative estimate of drug-likeness (QED) is 0.791. The molecular weight excluding hydrogens is 254 g/mol. The molecule has 1 aliphatic heterocycles. The van der Waals surface area contributed by atoms with Gasteiger partial charge in [0.2, 0.25) is 5.91 Å². The molecule has 20 heavy (non-hydrogen) atoms. The fourth-order valence-corrected chi connectivity index (χ4v) is 2.48. The molecule has 0 N–H and O–H groups in total. The minimum atomic E-state index is -1.06. The van der Waals surface area contributed by atoms with Crippen LogP contribution in [0, 0.1) is 12.3 Å². The number of hydrogen-bond donors (Lipinski definition) is 0. The van der Waals surface area contributed by atoms with E-state index in [4.69, 9.17) is 0 Å². The summed E-state index contributed by atoms with van der Waals surface area (Å²) in [6.07, 6.45) is 0.554. The van der Waals surface area contributed by atoms with Crippen molar-refractivity contribution in [2.75, 3.05) is 11.4 Å². The zero-order chi connectivity index (χ0) is 14.9. The van der Waals surface area contributed by atoms with Gasteiger partial charge in [-0.25, -0.2) is 0 Å². The van der Waals surface area contributed by atoms with Gasteiger partial charge < -0.3 is 9.69 Å². The molecule has 0 saturated carbocycles. The summed E-state index contributed by atoms with van der Waals surface area (Å²) in [6.45, 7) is 5.17. The number of aryl methyl sites for hydroxylation is 1. The Bertz CT molecular complexity index is 579. The molecule has 1 aliphatic rings. The lowest BCUT2D eigenvalue weighted by Gasteiger charge is -2.21. The number of carbonyl (C=O) groups excluding carboxylic acids is 3. The third-order valence-electron chi connectivity index (χ3n) is 3.92. The summed E-state index contributed by atoms with van der Waals surface area (Å²) < 4.78 is 0. The van der Waals surface area contributed by atoms with Crippen LogP contribution in [0.1, 0.15) is 32.3 Å². The SMILES string of the molecule is CC(=O)CCC1(C)C(=O)CN(c2cccc(C)c2)C1=O. The molecule has 1 aromatic carbocycles. The topological polar surface area (TPSA) is 54.5 Å². The van der Waals surface area contributed by atoms with Crippen LogP contribution in [0.15, 0.2) is 24.3 Å². The van der Waals surface area contributed by atoms with Crippen LogP contribution >= 0.6 is 0 Å². The number of rotatable bonds is 4. The first kappa shape index (κ1) is 14.4. The molecule has 1 unspecified atom stereocenters. The Kier molecular flexibility index (Phi) is 3.75. The number of ketones is 2. The Morgan fingerprint density at radius 1 is 1.35 bits per heavy atom. The maximum atomic E-state index is 12.6. The molecule has 1 amide bonds. The molecule has 1 fully saturated rings. The van der Waals surface area contributed by atoms with Crippen LogP contribution in [0.25, 0.3) is 0 Å². The van der Waals surface area contributed by atoms with Crippen molar-refractivity contribution in [3.05, 3.63) is 29.8 Å². The summed E-state index contributed by atoms with van der Waals surface area (Å²) in [5.74, 6) is -0.305. The highest BCUT2D eigenvalue weighted by Crippen LogP contribution is 2.36. The summed E-state index contributed by atoms with van der Waals surface area (Å²) in [5, 5.41) is 0. The molecule has 2 rings (SSSR count). The minimum Gasteiger partial charge on any atom is -0.304 e. The lowest BCUT2D eigenvalue weighted by molar-refractivity contribution is -0.134. The molecule has 1 heterocycles. The number of amides is 1. The normalized spacial score (nSPS) is 22.4. The van der Waals surface area contributed by atoms with Crippen molar-refractivity contribution in [2.45, 2.75) is 33.6 Å². The van der Waals surface area contributed by atoms with Gasteiger partial charge in [-0.1, -0.05) is 12.1 Å². The summed E-state index contributed by atoms with van der Waals surface area (Å²) >= 11 is 0. The van der Waals surface area contributed by atoms with E-state index in [2.05, 4.69) is 0 Å². The number of anilines is 1. The standard InChI is InChI=1S/C16H19NO3/c1-11-5-4-6-13(9-11)17-10-14(19)16(3,15(17)20)8-7-12(2)18/h4-6,9H,7-8,10H2,1-3H3. The molecule has 106 valence electrons. The highest BCUT2D eigenvalue weighted by atomic mass is 16.2. The predicted molar refractivity (Wildman–Crippen MR) is 76.6 cm³/mol. The average molecular weight is 273 g/mol. The maximum absolute atomic E-state index is 12.6. The first-order valence-electron chi connectivity index (χ1n) is 6.76. The van der Waals surface area contributed by atoms with Crippen LogP contribution in [-0.4, -0.2) is 24.0 Å². The molecule has 1 atom stereocenters. The number of hydrogen-bond acceptors (Lipinski definition) is 3. The fraction of sp³-hybridized carbons (Fsp3) is 0.438. The van der Waals surface area contributed by atoms with E-state index < -0.39 is 5.41 Å². The third-order valence-corrected chi connectivity index (χ3v) is 3.92. The fourth-order valence-electron chi connectivity index (χ4n) is 2.48. The Hall–Kier alpha value is -1.97. The first-order chi connectivity index (χ1) is 9.34. The van der Waals surface area contributed by atoms with Gasteiger partial charge in [0, 0.05) is 12.1 Å². The van der Waals surface area contributed by atoms with E-state index in [-0.39, 0.29) is 30.4 Å². The minimum absolute atomic E-state index is 0.000769. The number of benzene rings is 1. The molecule has 1 aromatic rings. The van der Waals surface area contributed by atoms with Gasteiger partial charge in [0.1, 0.15) is 11.2 Å². The van der Waals surface area contributed by atoms with E-state index in [0.29, 0.717) is 6.42 Å². The second kappa shape index (κ2) is 5.19. The van der Waals surface area contributed by atoms with E-state index in [0.717, 1.165) is 11.3 Å². The zero-order valence-corrected chi connectivity index (χ0v) is 12.1. The van der Waals surface area contributed by atoms with E-state index in [1.54, 1.807) is 6.92 Å². The van der Waals surface area contributed by atoms with Gasteiger partial charge in [0.15, 0.2) is 5.78 Å². The zero-order valence-electron chi connectivity index (χ0n) is 12.1. The molecule has 1 saturated heterocycles. The average Bonchev–Trinajstić information content (AvgIpc) is 2.61. The predicted octanol–water partition coefficient (Wildman–Crippen LogP) is 2.29. The molecule has 0 aromatic heterocycles. The molecule has 0 bridgehead atoms. The Balaban J connectivity index is 2.26. The lowest BCUT2D eigenvalue weighted by Crippen LogP contribution is -2.34. The van der Waals surface area contributed by atoms with Crippen molar-refractivity contribution in [3.63, 3.8) is 0 Å². The Morgan fingerprint density at radius 2 is 2.05 bits per heavy atom. The van der Waals surface area contributed by atoms with Crippen molar-refractivity contribution in [1.29, 1.82) is 0 Å². The van der Waals surface area contributed by atoms with Crippen molar-refractivity contribution in [2.24, 2.45) is 5.41 Å². The lowest BCUT2D eigenvalue weighted by atomic mass is 9.82. The molecule has 0 spiro atoms. The molecule has 0 aliphatic carbocycles. The number of carbonyl (C=O) groups is 3. The van der Waals surface area contributed by atoms with E-state index in [1.165, 1.54) is 11.8 Å². The summed E-state index contributed by atoms with van der Waals surface area (Å²) in [4.78, 5) is 37.4. The van der Waals surface area contributed by atoms with Crippen LogP contribution in [0.5, 0.6) is 0 Å². The molecule has 4 nitrogen and oxygen atoms in total. The second-order valence-corrected chi connectivity index (χ2v) is 5.69.